The van der Waals surface area contributed by atoms with Gasteiger partial charge in [-0.3, -0.25) is 4.79 Å². The van der Waals surface area contributed by atoms with Gasteiger partial charge in [0.2, 0.25) is 5.91 Å². The van der Waals surface area contributed by atoms with E-state index in [0.29, 0.717) is 6.54 Å². The van der Waals surface area contributed by atoms with Crippen LogP contribution in [0.5, 0.6) is 0 Å². The van der Waals surface area contributed by atoms with Gasteiger partial charge in [-0.2, -0.15) is 0 Å². The van der Waals surface area contributed by atoms with Crippen molar-refractivity contribution in [2.75, 3.05) is 13.7 Å². The summed E-state index contributed by atoms with van der Waals surface area (Å²) < 4.78 is 4.88. The van der Waals surface area contributed by atoms with Crippen LogP contribution in [0.2, 0.25) is 0 Å². The van der Waals surface area contributed by atoms with E-state index in [4.69, 9.17) is 4.74 Å². The third-order valence-electron chi connectivity index (χ3n) is 3.29. The number of thiophene rings is 1. The number of hydrogen-bond acceptors (Lipinski definition) is 4. The molecule has 1 aliphatic rings. The summed E-state index contributed by atoms with van der Waals surface area (Å²) in [6.07, 6.45) is 0.808. The molecule has 104 valence electrons. The first-order valence-electron chi connectivity index (χ1n) is 6.31. The molecule has 19 heavy (non-hydrogen) atoms. The molecule has 0 bridgehead atoms. The Labute approximate surface area is 117 Å². The lowest BCUT2D eigenvalue weighted by atomic mass is 9.91. The highest BCUT2D eigenvalue weighted by molar-refractivity contribution is 7.10. The van der Waals surface area contributed by atoms with E-state index in [9.17, 15) is 9.59 Å². The van der Waals surface area contributed by atoms with Gasteiger partial charge < -0.3 is 9.64 Å². The zero-order valence-corrected chi connectivity index (χ0v) is 12.5. The molecule has 0 aromatic carbocycles. The minimum absolute atomic E-state index is 0.0141. The molecule has 2 rings (SSSR count). The van der Waals surface area contributed by atoms with Crippen molar-refractivity contribution in [3.63, 3.8) is 0 Å². The fourth-order valence-corrected chi connectivity index (χ4v) is 3.24. The average Bonchev–Trinajstić information content (AvgIpc) is 2.82. The van der Waals surface area contributed by atoms with E-state index >= 15 is 0 Å². The molecule has 0 spiro atoms. The average molecular weight is 281 g/mol. The second-order valence-corrected chi connectivity index (χ2v) is 6.72. The molecular formula is C14H19NO3S. The lowest BCUT2D eigenvalue weighted by molar-refractivity contribution is -0.157. The molecule has 1 unspecified atom stereocenters. The summed E-state index contributed by atoms with van der Waals surface area (Å²) in [5.74, 6) is -0.378. The first-order valence-corrected chi connectivity index (χ1v) is 7.19. The van der Waals surface area contributed by atoms with Crippen LogP contribution in [0.3, 0.4) is 0 Å². The quantitative estimate of drug-likeness (QED) is 0.743. The Hall–Kier alpha value is -1.36. The number of methoxy groups -OCH3 is 1. The standard InChI is InChI=1S/C14H19NO3S/c1-14(2,3)13(17)15-7-5-10-9(6-8-19-10)11(15)12(16)18-4/h6,8,11H,5,7H2,1-4H3. The first-order chi connectivity index (χ1) is 8.86. The van der Waals surface area contributed by atoms with Crippen LogP contribution >= 0.6 is 11.3 Å². The van der Waals surface area contributed by atoms with E-state index in [1.54, 1.807) is 16.2 Å². The highest BCUT2D eigenvalue weighted by Gasteiger charge is 2.40. The van der Waals surface area contributed by atoms with Crippen LogP contribution in [-0.2, 0) is 20.7 Å². The zero-order valence-electron chi connectivity index (χ0n) is 11.7. The smallest absolute Gasteiger partial charge is 0.333 e. The molecule has 1 aromatic heterocycles. The molecular weight excluding hydrogens is 262 g/mol. The van der Waals surface area contributed by atoms with Gasteiger partial charge in [-0.1, -0.05) is 20.8 Å². The summed E-state index contributed by atoms with van der Waals surface area (Å²) >= 11 is 1.63. The Kier molecular flexibility index (Phi) is 3.67. The Bertz CT molecular complexity index is 501. The van der Waals surface area contributed by atoms with Crippen molar-refractivity contribution >= 4 is 23.2 Å². The fourth-order valence-electron chi connectivity index (χ4n) is 2.33. The van der Waals surface area contributed by atoms with Crippen LogP contribution in [0, 0.1) is 5.41 Å². The maximum Gasteiger partial charge on any atom is 0.333 e. The molecule has 0 radical (unpaired) electrons. The minimum Gasteiger partial charge on any atom is -0.467 e. The van der Waals surface area contributed by atoms with E-state index in [1.165, 1.54) is 12.0 Å². The predicted molar refractivity (Wildman–Crippen MR) is 73.9 cm³/mol. The zero-order chi connectivity index (χ0) is 14.2. The van der Waals surface area contributed by atoms with E-state index in [-0.39, 0.29) is 11.9 Å². The van der Waals surface area contributed by atoms with Crippen molar-refractivity contribution in [2.45, 2.75) is 33.2 Å². The van der Waals surface area contributed by atoms with Crippen molar-refractivity contribution in [1.29, 1.82) is 0 Å². The van der Waals surface area contributed by atoms with Crippen LogP contribution < -0.4 is 0 Å². The molecule has 5 heteroatoms. The maximum absolute atomic E-state index is 12.5. The second-order valence-electron chi connectivity index (χ2n) is 5.72. The molecule has 1 amide bonds. The molecule has 2 heterocycles. The predicted octanol–water partition coefficient (Wildman–Crippen LogP) is 2.39. The van der Waals surface area contributed by atoms with E-state index < -0.39 is 11.5 Å². The summed E-state index contributed by atoms with van der Waals surface area (Å²) in [7, 11) is 1.36. The molecule has 1 aliphatic heterocycles. The Morgan fingerprint density at radius 2 is 2.11 bits per heavy atom. The maximum atomic E-state index is 12.5. The molecule has 0 saturated heterocycles. The number of esters is 1. The summed E-state index contributed by atoms with van der Waals surface area (Å²) in [4.78, 5) is 27.4. The Morgan fingerprint density at radius 1 is 1.42 bits per heavy atom. The topological polar surface area (TPSA) is 46.6 Å². The lowest BCUT2D eigenvalue weighted by Gasteiger charge is -2.37. The molecule has 0 fully saturated rings. The summed E-state index contributed by atoms with van der Waals surface area (Å²) in [5, 5.41) is 1.96. The highest BCUT2D eigenvalue weighted by Crippen LogP contribution is 2.36. The highest BCUT2D eigenvalue weighted by atomic mass is 32.1. The van der Waals surface area contributed by atoms with Crippen LogP contribution in [0.1, 0.15) is 37.3 Å². The Balaban J connectivity index is 2.40. The van der Waals surface area contributed by atoms with Crippen LogP contribution in [0.25, 0.3) is 0 Å². The number of carbonyl (C=O) groups is 2. The van der Waals surface area contributed by atoms with Crippen molar-refractivity contribution in [1.82, 2.24) is 4.90 Å². The number of fused-ring (bicyclic) bond motifs is 1. The monoisotopic (exact) mass is 281 g/mol. The number of rotatable bonds is 1. The number of nitrogens with zero attached hydrogens (tertiary/aromatic N) is 1. The largest absolute Gasteiger partial charge is 0.467 e. The van der Waals surface area contributed by atoms with Crippen molar-refractivity contribution in [3.05, 3.63) is 21.9 Å². The normalized spacial score (nSPS) is 18.9. The van der Waals surface area contributed by atoms with Crippen molar-refractivity contribution < 1.29 is 14.3 Å². The third kappa shape index (κ3) is 2.52. The van der Waals surface area contributed by atoms with Gasteiger partial charge in [0, 0.05) is 16.8 Å². The number of amides is 1. The van der Waals surface area contributed by atoms with Gasteiger partial charge in [-0.25, -0.2) is 4.79 Å². The van der Waals surface area contributed by atoms with Crippen LogP contribution in [0.4, 0.5) is 0 Å². The lowest BCUT2D eigenvalue weighted by Crippen LogP contribution is -2.47. The van der Waals surface area contributed by atoms with Gasteiger partial charge in [0.15, 0.2) is 6.04 Å². The van der Waals surface area contributed by atoms with Crippen molar-refractivity contribution in [2.24, 2.45) is 5.41 Å². The Morgan fingerprint density at radius 3 is 2.68 bits per heavy atom. The van der Waals surface area contributed by atoms with E-state index in [2.05, 4.69) is 0 Å². The SMILES string of the molecule is COC(=O)C1c2ccsc2CCN1C(=O)C(C)(C)C. The molecule has 1 atom stereocenters. The van der Waals surface area contributed by atoms with Crippen LogP contribution in [0.15, 0.2) is 11.4 Å². The summed E-state index contributed by atoms with van der Waals surface area (Å²) in [6, 6.07) is 1.33. The molecule has 0 N–H and O–H groups in total. The van der Waals surface area contributed by atoms with Crippen molar-refractivity contribution in [3.8, 4) is 0 Å². The second kappa shape index (κ2) is 4.96. The fraction of sp³-hybridized carbons (Fsp3) is 0.571. The molecule has 4 nitrogen and oxygen atoms in total. The summed E-state index contributed by atoms with van der Waals surface area (Å²) in [6.45, 7) is 6.18. The number of ether oxygens (including phenoxy) is 1. The summed E-state index contributed by atoms with van der Waals surface area (Å²) in [5.41, 5.74) is 0.417. The third-order valence-corrected chi connectivity index (χ3v) is 4.29. The number of carbonyl (C=O) groups excluding carboxylic acids is 2. The molecule has 0 saturated carbocycles. The van der Waals surface area contributed by atoms with Gasteiger partial charge in [-0.15, -0.1) is 11.3 Å². The minimum atomic E-state index is -0.591. The molecule has 0 aliphatic carbocycles. The van der Waals surface area contributed by atoms with E-state index in [1.807, 2.05) is 32.2 Å². The van der Waals surface area contributed by atoms with Gasteiger partial charge in [0.1, 0.15) is 0 Å². The molecule has 1 aromatic rings. The van der Waals surface area contributed by atoms with Gasteiger partial charge >= 0.3 is 5.97 Å². The number of hydrogen-bond donors (Lipinski definition) is 0. The van der Waals surface area contributed by atoms with Gasteiger partial charge in [0.25, 0.3) is 0 Å². The van der Waals surface area contributed by atoms with Gasteiger partial charge in [-0.05, 0) is 23.4 Å². The van der Waals surface area contributed by atoms with Crippen LogP contribution in [-0.4, -0.2) is 30.4 Å². The first kappa shape index (κ1) is 14.1. The van der Waals surface area contributed by atoms with Gasteiger partial charge in [0.05, 0.1) is 7.11 Å². The van der Waals surface area contributed by atoms with E-state index in [0.717, 1.165) is 12.0 Å².